The molecule has 1 fully saturated rings. The zero-order chi connectivity index (χ0) is 13.9. The van der Waals surface area contributed by atoms with Crippen LogP contribution in [0.25, 0.3) is 0 Å². The summed E-state index contributed by atoms with van der Waals surface area (Å²) in [7, 11) is 0. The second-order valence-corrected chi connectivity index (χ2v) is 7.49. The van der Waals surface area contributed by atoms with Crippen molar-refractivity contribution < 1.29 is 5.11 Å². The van der Waals surface area contributed by atoms with Gasteiger partial charge in [-0.05, 0) is 55.3 Å². The van der Waals surface area contributed by atoms with E-state index in [0.29, 0.717) is 0 Å². The van der Waals surface area contributed by atoms with Gasteiger partial charge in [0.1, 0.15) is 0 Å². The highest BCUT2D eigenvalue weighted by molar-refractivity contribution is 7.10. The van der Waals surface area contributed by atoms with Crippen molar-refractivity contribution >= 4 is 11.3 Å². The lowest BCUT2D eigenvalue weighted by molar-refractivity contribution is 0.0578. The van der Waals surface area contributed by atoms with Crippen molar-refractivity contribution in [2.24, 2.45) is 5.92 Å². The third-order valence-corrected chi connectivity index (χ3v) is 5.72. The normalized spacial score (nSPS) is 23.7. The summed E-state index contributed by atoms with van der Waals surface area (Å²) in [5, 5.41) is 12.5. The standard InChI is InChI=1S/C16H26N2OS/c1-13-2-6-17(7-3-13)11-15(19)12-18-8-4-16-14(10-18)5-9-20-16/h5,9,13,15,19H,2-4,6-8,10-12H2,1H3. The minimum atomic E-state index is -0.205. The molecule has 20 heavy (non-hydrogen) atoms. The van der Waals surface area contributed by atoms with Crippen LogP contribution in [0.5, 0.6) is 0 Å². The molecule has 0 aromatic carbocycles. The molecule has 112 valence electrons. The second kappa shape index (κ2) is 6.56. The summed E-state index contributed by atoms with van der Waals surface area (Å²) in [5.41, 5.74) is 1.47. The van der Waals surface area contributed by atoms with Gasteiger partial charge in [0.05, 0.1) is 6.10 Å². The van der Waals surface area contributed by atoms with Crippen LogP contribution in [-0.4, -0.2) is 53.7 Å². The van der Waals surface area contributed by atoms with Crippen molar-refractivity contribution in [2.75, 3.05) is 32.7 Å². The molecule has 2 aliphatic rings. The molecular weight excluding hydrogens is 268 g/mol. The highest BCUT2D eigenvalue weighted by Gasteiger charge is 2.22. The van der Waals surface area contributed by atoms with Crippen LogP contribution in [0, 0.1) is 5.92 Å². The molecule has 0 radical (unpaired) electrons. The molecule has 0 amide bonds. The van der Waals surface area contributed by atoms with Gasteiger partial charge in [0.25, 0.3) is 0 Å². The SMILES string of the molecule is CC1CCN(CC(O)CN2CCc3sccc3C2)CC1. The van der Waals surface area contributed by atoms with Crippen LogP contribution in [0.2, 0.25) is 0 Å². The van der Waals surface area contributed by atoms with Gasteiger partial charge in [-0.2, -0.15) is 0 Å². The van der Waals surface area contributed by atoms with Crippen molar-refractivity contribution in [2.45, 2.75) is 38.8 Å². The van der Waals surface area contributed by atoms with E-state index in [0.717, 1.165) is 51.6 Å². The molecular formula is C16H26N2OS. The van der Waals surface area contributed by atoms with Gasteiger partial charge in [-0.25, -0.2) is 0 Å². The Balaban J connectivity index is 1.44. The third-order valence-electron chi connectivity index (χ3n) is 4.70. The molecule has 0 bridgehead atoms. The van der Waals surface area contributed by atoms with Gasteiger partial charge in [-0.15, -0.1) is 11.3 Å². The topological polar surface area (TPSA) is 26.7 Å². The molecule has 3 heterocycles. The summed E-state index contributed by atoms with van der Waals surface area (Å²) in [6.07, 6.45) is 3.52. The van der Waals surface area contributed by atoms with Crippen molar-refractivity contribution in [1.82, 2.24) is 9.80 Å². The van der Waals surface area contributed by atoms with Crippen LogP contribution < -0.4 is 0 Å². The molecule has 0 saturated carbocycles. The minimum Gasteiger partial charge on any atom is -0.390 e. The highest BCUT2D eigenvalue weighted by Crippen LogP contribution is 2.24. The zero-order valence-corrected chi connectivity index (χ0v) is 13.2. The van der Waals surface area contributed by atoms with Gasteiger partial charge in [-0.3, -0.25) is 4.90 Å². The Bertz CT molecular complexity index is 426. The summed E-state index contributed by atoms with van der Waals surface area (Å²) in [4.78, 5) is 6.39. The van der Waals surface area contributed by atoms with Crippen LogP contribution in [0.3, 0.4) is 0 Å². The summed E-state index contributed by atoms with van der Waals surface area (Å²) in [6, 6.07) is 2.24. The Kier molecular flexibility index (Phi) is 4.76. The van der Waals surface area contributed by atoms with Crippen LogP contribution in [0.1, 0.15) is 30.2 Å². The van der Waals surface area contributed by atoms with E-state index in [2.05, 4.69) is 28.2 Å². The number of hydrogen-bond donors (Lipinski definition) is 1. The van der Waals surface area contributed by atoms with Crippen LogP contribution in [-0.2, 0) is 13.0 Å². The number of β-amino-alcohol motifs (C(OH)–C–C–N with tert-alkyl or cyclic N) is 1. The average Bonchev–Trinajstić information content (AvgIpc) is 2.89. The molecule has 4 heteroatoms. The molecule has 1 aromatic heterocycles. The first-order chi connectivity index (χ1) is 9.70. The van der Waals surface area contributed by atoms with Gasteiger partial charge < -0.3 is 10.0 Å². The molecule has 3 rings (SSSR count). The van der Waals surface area contributed by atoms with E-state index in [1.807, 2.05) is 11.3 Å². The maximum absolute atomic E-state index is 10.3. The molecule has 1 atom stereocenters. The van der Waals surface area contributed by atoms with Crippen LogP contribution in [0.15, 0.2) is 11.4 Å². The van der Waals surface area contributed by atoms with Crippen LogP contribution in [0.4, 0.5) is 0 Å². The Labute approximate surface area is 126 Å². The number of nitrogens with zero attached hydrogens (tertiary/aromatic N) is 2. The number of rotatable bonds is 4. The predicted octanol–water partition coefficient (Wildman–Crippen LogP) is 2.20. The first-order valence-electron chi connectivity index (χ1n) is 7.88. The number of aliphatic hydroxyl groups is 1. The van der Waals surface area contributed by atoms with E-state index in [4.69, 9.17) is 0 Å². The van der Waals surface area contributed by atoms with Gasteiger partial charge in [-0.1, -0.05) is 6.92 Å². The monoisotopic (exact) mass is 294 g/mol. The summed E-state index contributed by atoms with van der Waals surface area (Å²) < 4.78 is 0. The van der Waals surface area contributed by atoms with Gasteiger partial charge in [0.2, 0.25) is 0 Å². The fourth-order valence-corrected chi connectivity index (χ4v) is 4.25. The fourth-order valence-electron chi connectivity index (χ4n) is 3.36. The second-order valence-electron chi connectivity index (χ2n) is 6.49. The number of aliphatic hydroxyl groups excluding tert-OH is 1. The Morgan fingerprint density at radius 1 is 1.25 bits per heavy atom. The molecule has 1 N–H and O–H groups in total. The quantitative estimate of drug-likeness (QED) is 0.922. The van der Waals surface area contributed by atoms with Crippen molar-refractivity contribution in [3.63, 3.8) is 0 Å². The molecule has 1 aromatic rings. The Morgan fingerprint density at radius 3 is 2.80 bits per heavy atom. The molecule has 2 aliphatic heterocycles. The van der Waals surface area contributed by atoms with E-state index in [9.17, 15) is 5.11 Å². The lowest BCUT2D eigenvalue weighted by atomic mass is 9.99. The van der Waals surface area contributed by atoms with E-state index >= 15 is 0 Å². The maximum atomic E-state index is 10.3. The Morgan fingerprint density at radius 2 is 2.00 bits per heavy atom. The first kappa shape index (κ1) is 14.5. The predicted molar refractivity (Wildman–Crippen MR) is 84.1 cm³/mol. The van der Waals surface area contributed by atoms with Gasteiger partial charge in [0.15, 0.2) is 0 Å². The number of likely N-dealkylation sites (tertiary alicyclic amines) is 1. The summed E-state index contributed by atoms with van der Waals surface area (Å²) in [6.45, 7) is 8.44. The molecule has 3 nitrogen and oxygen atoms in total. The minimum absolute atomic E-state index is 0.205. The molecule has 0 aliphatic carbocycles. The fraction of sp³-hybridized carbons (Fsp3) is 0.750. The number of thiophene rings is 1. The van der Waals surface area contributed by atoms with E-state index in [1.165, 1.54) is 18.4 Å². The smallest absolute Gasteiger partial charge is 0.0793 e. The largest absolute Gasteiger partial charge is 0.390 e. The molecule has 1 saturated heterocycles. The van der Waals surface area contributed by atoms with E-state index < -0.39 is 0 Å². The molecule has 0 spiro atoms. The van der Waals surface area contributed by atoms with E-state index in [1.54, 1.807) is 4.88 Å². The highest BCUT2D eigenvalue weighted by atomic mass is 32.1. The van der Waals surface area contributed by atoms with Gasteiger partial charge in [0, 0.05) is 31.1 Å². The number of piperidine rings is 1. The van der Waals surface area contributed by atoms with Crippen molar-refractivity contribution in [3.8, 4) is 0 Å². The first-order valence-corrected chi connectivity index (χ1v) is 8.76. The van der Waals surface area contributed by atoms with E-state index in [-0.39, 0.29) is 6.10 Å². The van der Waals surface area contributed by atoms with Gasteiger partial charge >= 0.3 is 0 Å². The lowest BCUT2D eigenvalue weighted by Crippen LogP contribution is -2.44. The summed E-state index contributed by atoms with van der Waals surface area (Å²) in [5.74, 6) is 0.863. The average molecular weight is 294 g/mol. The van der Waals surface area contributed by atoms with Crippen molar-refractivity contribution in [3.05, 3.63) is 21.9 Å². The van der Waals surface area contributed by atoms with Crippen molar-refractivity contribution in [1.29, 1.82) is 0 Å². The number of hydrogen-bond acceptors (Lipinski definition) is 4. The maximum Gasteiger partial charge on any atom is 0.0793 e. The third kappa shape index (κ3) is 3.61. The lowest BCUT2D eigenvalue weighted by Gasteiger charge is -2.34. The Hall–Kier alpha value is -0.420. The van der Waals surface area contributed by atoms with Crippen LogP contribution >= 0.6 is 11.3 Å². The number of fused-ring (bicyclic) bond motifs is 1. The summed E-state index contributed by atoms with van der Waals surface area (Å²) >= 11 is 1.88. The molecule has 1 unspecified atom stereocenters. The zero-order valence-electron chi connectivity index (χ0n) is 12.4.